The zero-order chi connectivity index (χ0) is 17.5. The van der Waals surface area contributed by atoms with E-state index in [1.54, 1.807) is 6.07 Å². The van der Waals surface area contributed by atoms with E-state index in [-0.39, 0.29) is 23.5 Å². The number of rotatable bonds is 5. The minimum atomic E-state index is -4.52. The Balaban J connectivity index is 2.70. The number of amides is 3. The van der Waals surface area contributed by atoms with Gasteiger partial charge in [0.1, 0.15) is 11.8 Å². The second-order valence-corrected chi connectivity index (χ2v) is 4.21. The Morgan fingerprint density at radius 2 is 2.04 bits per heavy atom. The molecule has 1 aromatic carbocycles. The van der Waals surface area contributed by atoms with Gasteiger partial charge >= 0.3 is 12.2 Å². The van der Waals surface area contributed by atoms with Crippen molar-refractivity contribution in [3.05, 3.63) is 23.8 Å². The molecule has 124 valence electrons. The van der Waals surface area contributed by atoms with Crippen LogP contribution >= 0.6 is 0 Å². The highest BCUT2D eigenvalue weighted by atomic mass is 19.4. The van der Waals surface area contributed by atoms with Crippen LogP contribution in [0.3, 0.4) is 0 Å². The van der Waals surface area contributed by atoms with Crippen LogP contribution in [0.2, 0.25) is 0 Å². The molecule has 0 bridgehead atoms. The van der Waals surface area contributed by atoms with Crippen LogP contribution in [-0.4, -0.2) is 38.3 Å². The molecule has 0 aliphatic rings. The van der Waals surface area contributed by atoms with E-state index in [4.69, 9.17) is 5.26 Å². The van der Waals surface area contributed by atoms with Gasteiger partial charge in [-0.2, -0.15) is 18.4 Å². The van der Waals surface area contributed by atoms with Crippen molar-refractivity contribution in [3.63, 3.8) is 0 Å². The van der Waals surface area contributed by atoms with Crippen LogP contribution in [0, 0.1) is 11.3 Å². The molecule has 3 amide bonds. The zero-order valence-corrected chi connectivity index (χ0v) is 12.0. The van der Waals surface area contributed by atoms with E-state index in [1.807, 2.05) is 0 Å². The van der Waals surface area contributed by atoms with Crippen molar-refractivity contribution in [2.24, 2.45) is 0 Å². The van der Waals surface area contributed by atoms with E-state index in [0.29, 0.717) is 0 Å². The Kier molecular flexibility index (Phi) is 6.20. The van der Waals surface area contributed by atoms with Crippen molar-refractivity contribution in [2.75, 3.05) is 25.5 Å². The van der Waals surface area contributed by atoms with Crippen LogP contribution in [0.5, 0.6) is 5.75 Å². The molecule has 1 rings (SSSR count). The van der Waals surface area contributed by atoms with Gasteiger partial charge < -0.3 is 20.7 Å². The van der Waals surface area contributed by atoms with Gasteiger partial charge in [-0.3, -0.25) is 4.79 Å². The van der Waals surface area contributed by atoms with E-state index in [9.17, 15) is 22.8 Å². The molecule has 23 heavy (non-hydrogen) atoms. The van der Waals surface area contributed by atoms with Crippen molar-refractivity contribution in [3.8, 4) is 11.8 Å². The number of anilines is 1. The fraction of sp³-hybridized carbons (Fsp3) is 0.308. The molecule has 3 N–H and O–H groups in total. The quantitative estimate of drug-likeness (QED) is 0.758. The molecule has 0 fully saturated rings. The Morgan fingerprint density at radius 1 is 1.35 bits per heavy atom. The number of nitriles is 1. The molecule has 10 heteroatoms. The molecule has 0 unspecified atom stereocenters. The summed E-state index contributed by atoms with van der Waals surface area (Å²) in [6.45, 7) is -1.78. The van der Waals surface area contributed by atoms with Crippen molar-refractivity contribution >= 4 is 17.6 Å². The summed E-state index contributed by atoms with van der Waals surface area (Å²) < 4.78 is 40.8. The highest BCUT2D eigenvalue weighted by Crippen LogP contribution is 2.24. The lowest BCUT2D eigenvalue weighted by molar-refractivity contribution is -0.153. The number of ether oxygens (including phenoxy) is 1. The summed E-state index contributed by atoms with van der Waals surface area (Å²) in [5.41, 5.74) is -0.00586. The van der Waals surface area contributed by atoms with E-state index < -0.39 is 24.7 Å². The summed E-state index contributed by atoms with van der Waals surface area (Å²) in [7, 11) is 1.40. The van der Waals surface area contributed by atoms with Gasteiger partial charge in [-0.15, -0.1) is 0 Å². The molecule has 7 nitrogen and oxygen atoms in total. The van der Waals surface area contributed by atoms with Gasteiger partial charge in [0.05, 0.1) is 12.1 Å². The Labute approximate surface area is 129 Å². The maximum absolute atomic E-state index is 12.1. The molecule has 0 atom stereocenters. The third-order valence-electron chi connectivity index (χ3n) is 2.44. The van der Waals surface area contributed by atoms with Gasteiger partial charge in [0.2, 0.25) is 5.91 Å². The average molecular weight is 330 g/mol. The van der Waals surface area contributed by atoms with Gasteiger partial charge in [0, 0.05) is 12.7 Å². The lowest BCUT2D eigenvalue weighted by Crippen LogP contribution is -2.37. The van der Waals surface area contributed by atoms with Gasteiger partial charge in [0.15, 0.2) is 6.61 Å². The maximum atomic E-state index is 12.1. The van der Waals surface area contributed by atoms with E-state index in [1.165, 1.54) is 13.1 Å². The van der Waals surface area contributed by atoms with Crippen molar-refractivity contribution in [1.29, 1.82) is 5.26 Å². The first-order valence-electron chi connectivity index (χ1n) is 6.24. The van der Waals surface area contributed by atoms with Gasteiger partial charge in [-0.05, 0) is 18.2 Å². The second kappa shape index (κ2) is 7.88. The number of carbonyl (C=O) groups excluding carboxylic acids is 2. The fourth-order valence-corrected chi connectivity index (χ4v) is 1.40. The standard InChI is InChI=1S/C13H13F3N4O3/c1-18-11(21)6-19-12(22)20-9-2-3-10(8(4-9)5-17)23-7-13(14,15)16/h2-4H,6-7H2,1H3,(H,18,21)(H2,19,20,22). The summed E-state index contributed by atoms with van der Waals surface area (Å²) in [4.78, 5) is 22.5. The molecule has 0 aromatic heterocycles. The zero-order valence-electron chi connectivity index (χ0n) is 12.0. The van der Waals surface area contributed by atoms with Crippen LogP contribution in [0.4, 0.5) is 23.7 Å². The van der Waals surface area contributed by atoms with Gasteiger partial charge in [-0.25, -0.2) is 4.79 Å². The Hall–Kier alpha value is -2.96. The van der Waals surface area contributed by atoms with E-state index in [0.717, 1.165) is 12.1 Å². The predicted molar refractivity (Wildman–Crippen MR) is 73.8 cm³/mol. The second-order valence-electron chi connectivity index (χ2n) is 4.21. The molecule has 0 saturated heterocycles. The molecule has 1 aromatic rings. The number of nitrogens with one attached hydrogen (secondary N) is 3. The van der Waals surface area contributed by atoms with Crippen molar-refractivity contribution in [1.82, 2.24) is 10.6 Å². The average Bonchev–Trinajstić information content (AvgIpc) is 2.50. The molecular formula is C13H13F3N4O3. The van der Waals surface area contributed by atoms with Crippen LogP contribution < -0.4 is 20.7 Å². The fourth-order valence-electron chi connectivity index (χ4n) is 1.40. The van der Waals surface area contributed by atoms with Crippen molar-refractivity contribution in [2.45, 2.75) is 6.18 Å². The number of urea groups is 1. The normalized spacial score (nSPS) is 10.4. The van der Waals surface area contributed by atoms with Crippen LogP contribution in [0.1, 0.15) is 5.56 Å². The first-order valence-corrected chi connectivity index (χ1v) is 6.24. The number of benzene rings is 1. The lowest BCUT2D eigenvalue weighted by Gasteiger charge is -2.12. The highest BCUT2D eigenvalue weighted by molar-refractivity contribution is 5.92. The number of nitrogens with zero attached hydrogens (tertiary/aromatic N) is 1. The summed E-state index contributed by atoms with van der Waals surface area (Å²) in [5.74, 6) is -0.657. The largest absolute Gasteiger partial charge is 0.483 e. The van der Waals surface area contributed by atoms with Crippen LogP contribution in [0.25, 0.3) is 0 Å². The summed E-state index contributed by atoms with van der Waals surface area (Å²) in [5, 5.41) is 15.8. The number of alkyl halides is 3. The topological polar surface area (TPSA) is 103 Å². The monoisotopic (exact) mass is 330 g/mol. The number of hydrogen-bond acceptors (Lipinski definition) is 4. The predicted octanol–water partition coefficient (Wildman–Crippen LogP) is 1.37. The molecule has 0 aliphatic carbocycles. The number of carbonyl (C=O) groups is 2. The third-order valence-corrected chi connectivity index (χ3v) is 2.44. The molecule has 0 radical (unpaired) electrons. The smallest absolute Gasteiger partial charge is 0.422 e. The maximum Gasteiger partial charge on any atom is 0.422 e. The highest BCUT2D eigenvalue weighted by Gasteiger charge is 2.28. The minimum Gasteiger partial charge on any atom is -0.483 e. The van der Waals surface area contributed by atoms with Crippen LogP contribution in [0.15, 0.2) is 18.2 Å². The van der Waals surface area contributed by atoms with E-state index >= 15 is 0 Å². The SMILES string of the molecule is CNC(=O)CNC(=O)Nc1ccc(OCC(F)(F)F)c(C#N)c1. The van der Waals surface area contributed by atoms with Gasteiger partial charge in [0.25, 0.3) is 0 Å². The lowest BCUT2D eigenvalue weighted by atomic mass is 10.2. The molecule has 0 aliphatic heterocycles. The first-order chi connectivity index (χ1) is 10.7. The van der Waals surface area contributed by atoms with E-state index in [2.05, 4.69) is 20.7 Å². The summed E-state index contributed by atoms with van der Waals surface area (Å²) in [6.07, 6.45) is -4.52. The molecule has 0 heterocycles. The van der Waals surface area contributed by atoms with Crippen LogP contribution in [-0.2, 0) is 4.79 Å². The number of likely N-dealkylation sites (N-methyl/N-ethyl adjacent to an activating group) is 1. The molecular weight excluding hydrogens is 317 g/mol. The molecule has 0 spiro atoms. The Morgan fingerprint density at radius 3 is 2.61 bits per heavy atom. The summed E-state index contributed by atoms with van der Waals surface area (Å²) in [6, 6.07) is 4.54. The van der Waals surface area contributed by atoms with Gasteiger partial charge in [-0.1, -0.05) is 0 Å². The minimum absolute atomic E-state index is 0.162. The Bertz CT molecular complexity index is 626. The van der Waals surface area contributed by atoms with Crippen molar-refractivity contribution < 1.29 is 27.5 Å². The first kappa shape index (κ1) is 18.1. The third kappa shape index (κ3) is 6.56. The number of halogens is 3. The summed E-state index contributed by atoms with van der Waals surface area (Å²) >= 11 is 0. The number of hydrogen-bond donors (Lipinski definition) is 3. The molecule has 0 saturated carbocycles.